The molecule has 19 heavy (non-hydrogen) atoms. The Kier molecular flexibility index (Phi) is 4.34. The zero-order valence-corrected chi connectivity index (χ0v) is 12.3. The Morgan fingerprint density at radius 3 is 2.53 bits per heavy atom. The molecule has 0 bridgehead atoms. The van der Waals surface area contributed by atoms with Crippen molar-refractivity contribution < 1.29 is 0 Å². The summed E-state index contributed by atoms with van der Waals surface area (Å²) in [6, 6.07) is 6.85. The van der Waals surface area contributed by atoms with Gasteiger partial charge in [-0.2, -0.15) is 4.98 Å². The van der Waals surface area contributed by atoms with E-state index in [0.717, 1.165) is 5.56 Å². The van der Waals surface area contributed by atoms with Crippen LogP contribution >= 0.6 is 34.8 Å². The summed E-state index contributed by atoms with van der Waals surface area (Å²) in [5.74, 6) is 0.653. The molecule has 0 saturated carbocycles. The normalized spacial score (nSPS) is 12.2. The quantitative estimate of drug-likeness (QED) is 0.833. The van der Waals surface area contributed by atoms with Crippen LogP contribution in [0.4, 0.5) is 11.8 Å². The van der Waals surface area contributed by atoms with E-state index in [1.165, 1.54) is 0 Å². The van der Waals surface area contributed by atoms with Gasteiger partial charge in [-0.1, -0.05) is 40.9 Å². The Labute approximate surface area is 125 Å². The van der Waals surface area contributed by atoms with Gasteiger partial charge in [0, 0.05) is 16.1 Å². The molecule has 1 aromatic carbocycles. The Balaban J connectivity index is 2.22. The van der Waals surface area contributed by atoms with Gasteiger partial charge in [0.2, 0.25) is 5.95 Å². The summed E-state index contributed by atoms with van der Waals surface area (Å²) in [5.41, 5.74) is 6.44. The lowest BCUT2D eigenvalue weighted by Gasteiger charge is -2.16. The molecule has 3 N–H and O–H groups in total. The zero-order chi connectivity index (χ0) is 14.0. The predicted molar refractivity (Wildman–Crippen MR) is 80.0 cm³/mol. The lowest BCUT2D eigenvalue weighted by molar-refractivity contribution is 0.873. The molecule has 1 heterocycles. The molecule has 1 atom stereocenters. The van der Waals surface area contributed by atoms with Crippen molar-refractivity contribution in [2.75, 3.05) is 11.1 Å². The van der Waals surface area contributed by atoms with Gasteiger partial charge in [-0.15, -0.1) is 0 Å². The highest BCUT2D eigenvalue weighted by Gasteiger charge is 2.11. The molecule has 0 aliphatic carbocycles. The number of nitrogens with zero attached hydrogens (tertiary/aromatic N) is 2. The largest absolute Gasteiger partial charge is 0.368 e. The fraction of sp³-hybridized carbons (Fsp3) is 0.167. The van der Waals surface area contributed by atoms with Crippen LogP contribution in [0.1, 0.15) is 18.5 Å². The molecule has 2 aromatic rings. The molecule has 0 amide bonds. The van der Waals surface area contributed by atoms with Crippen molar-refractivity contribution in [2.24, 2.45) is 0 Å². The third kappa shape index (κ3) is 3.62. The number of rotatable bonds is 3. The third-order valence-corrected chi connectivity index (χ3v) is 3.26. The molecule has 7 heteroatoms. The maximum atomic E-state index is 6.15. The first kappa shape index (κ1) is 14.2. The molecule has 0 unspecified atom stereocenters. The number of anilines is 2. The van der Waals surface area contributed by atoms with Gasteiger partial charge in [-0.05, 0) is 24.6 Å². The van der Waals surface area contributed by atoms with Gasteiger partial charge in [0.05, 0.1) is 6.04 Å². The van der Waals surface area contributed by atoms with Crippen molar-refractivity contribution in [1.29, 1.82) is 0 Å². The van der Waals surface area contributed by atoms with Crippen LogP contribution in [0.5, 0.6) is 0 Å². The van der Waals surface area contributed by atoms with E-state index >= 15 is 0 Å². The van der Waals surface area contributed by atoms with Crippen LogP contribution in [0.2, 0.25) is 15.2 Å². The zero-order valence-electron chi connectivity index (χ0n) is 9.99. The molecule has 0 fully saturated rings. The first-order valence-electron chi connectivity index (χ1n) is 5.47. The summed E-state index contributed by atoms with van der Waals surface area (Å²) in [7, 11) is 0. The highest BCUT2D eigenvalue weighted by Crippen LogP contribution is 2.28. The number of hydrogen-bond acceptors (Lipinski definition) is 4. The second-order valence-electron chi connectivity index (χ2n) is 3.97. The Hall–Kier alpha value is -1.23. The van der Waals surface area contributed by atoms with Crippen molar-refractivity contribution in [2.45, 2.75) is 13.0 Å². The maximum Gasteiger partial charge on any atom is 0.223 e. The fourth-order valence-corrected chi connectivity index (χ4v) is 2.42. The number of benzene rings is 1. The van der Waals surface area contributed by atoms with Crippen LogP contribution in [0, 0.1) is 0 Å². The topological polar surface area (TPSA) is 63.8 Å². The summed E-state index contributed by atoms with van der Waals surface area (Å²) in [5, 5.41) is 4.62. The minimum absolute atomic E-state index is 0.0740. The molecule has 0 saturated heterocycles. The van der Waals surface area contributed by atoms with Crippen LogP contribution in [0.15, 0.2) is 24.3 Å². The number of halogens is 3. The van der Waals surface area contributed by atoms with Crippen LogP contribution < -0.4 is 11.1 Å². The van der Waals surface area contributed by atoms with Crippen molar-refractivity contribution >= 4 is 46.6 Å². The Morgan fingerprint density at radius 1 is 1.16 bits per heavy atom. The summed E-state index contributed by atoms with van der Waals surface area (Å²) < 4.78 is 0. The molecular weight excluding hydrogens is 307 g/mol. The van der Waals surface area contributed by atoms with Gasteiger partial charge in [0.1, 0.15) is 11.0 Å². The van der Waals surface area contributed by atoms with Gasteiger partial charge >= 0.3 is 0 Å². The molecule has 100 valence electrons. The van der Waals surface area contributed by atoms with Crippen LogP contribution in [0.25, 0.3) is 0 Å². The fourth-order valence-electron chi connectivity index (χ4n) is 1.66. The molecule has 4 nitrogen and oxygen atoms in total. The van der Waals surface area contributed by atoms with Crippen LogP contribution in [0.3, 0.4) is 0 Å². The number of aromatic nitrogens is 2. The predicted octanol–water partition coefficient (Wildman–Crippen LogP) is 4.19. The molecule has 0 radical (unpaired) electrons. The molecule has 0 aliphatic rings. The summed E-state index contributed by atoms with van der Waals surface area (Å²) in [6.45, 7) is 1.95. The SMILES string of the molecule is C[C@H](Nc1cc(Cl)nc(N)n1)c1ccc(Cl)cc1Cl. The first-order valence-corrected chi connectivity index (χ1v) is 6.60. The second-order valence-corrected chi connectivity index (χ2v) is 5.20. The Bertz CT molecular complexity index is 583. The first-order chi connectivity index (χ1) is 8.95. The molecule has 0 aliphatic heterocycles. The molecular formula is C12H11Cl3N4. The summed E-state index contributed by atoms with van der Waals surface area (Å²) in [6.07, 6.45) is 0. The lowest BCUT2D eigenvalue weighted by atomic mass is 10.1. The number of nitrogen functional groups attached to an aromatic ring is 1. The maximum absolute atomic E-state index is 6.15. The van der Waals surface area contributed by atoms with E-state index in [4.69, 9.17) is 40.5 Å². The van der Waals surface area contributed by atoms with Gasteiger partial charge in [0.15, 0.2) is 0 Å². The van der Waals surface area contributed by atoms with Crippen molar-refractivity contribution in [3.05, 3.63) is 45.0 Å². The summed E-state index contributed by atoms with van der Waals surface area (Å²) in [4.78, 5) is 7.84. The van der Waals surface area contributed by atoms with Gasteiger partial charge < -0.3 is 11.1 Å². The standard InChI is InChI=1S/C12H11Cl3N4/c1-6(8-3-2-7(13)4-9(8)14)17-11-5-10(15)18-12(16)19-11/h2-6H,1H3,(H3,16,17,18,19)/t6-/m0/s1. The van der Waals surface area contributed by atoms with Gasteiger partial charge in [-0.3, -0.25) is 0 Å². The van der Waals surface area contributed by atoms with E-state index in [9.17, 15) is 0 Å². The van der Waals surface area contributed by atoms with E-state index in [0.29, 0.717) is 15.9 Å². The summed E-state index contributed by atoms with van der Waals surface area (Å²) >= 11 is 17.8. The van der Waals surface area contributed by atoms with Crippen molar-refractivity contribution in [3.63, 3.8) is 0 Å². The molecule has 2 rings (SSSR count). The van der Waals surface area contributed by atoms with E-state index in [-0.39, 0.29) is 17.1 Å². The number of nitrogens with two attached hydrogens (primary N) is 1. The monoisotopic (exact) mass is 316 g/mol. The van der Waals surface area contributed by atoms with E-state index < -0.39 is 0 Å². The minimum atomic E-state index is -0.0740. The second kappa shape index (κ2) is 5.82. The van der Waals surface area contributed by atoms with E-state index in [1.807, 2.05) is 13.0 Å². The Morgan fingerprint density at radius 2 is 1.89 bits per heavy atom. The third-order valence-electron chi connectivity index (χ3n) is 2.51. The average molecular weight is 318 g/mol. The lowest BCUT2D eigenvalue weighted by Crippen LogP contribution is -2.10. The van der Waals surface area contributed by atoms with Crippen molar-refractivity contribution in [1.82, 2.24) is 9.97 Å². The van der Waals surface area contributed by atoms with Crippen LogP contribution in [-0.4, -0.2) is 9.97 Å². The van der Waals surface area contributed by atoms with Gasteiger partial charge in [-0.25, -0.2) is 4.98 Å². The smallest absolute Gasteiger partial charge is 0.223 e. The van der Waals surface area contributed by atoms with E-state index in [1.54, 1.807) is 18.2 Å². The molecule has 1 aromatic heterocycles. The van der Waals surface area contributed by atoms with Crippen LogP contribution in [-0.2, 0) is 0 Å². The van der Waals surface area contributed by atoms with Gasteiger partial charge in [0.25, 0.3) is 0 Å². The molecule has 0 spiro atoms. The highest BCUT2D eigenvalue weighted by molar-refractivity contribution is 6.35. The highest BCUT2D eigenvalue weighted by atomic mass is 35.5. The van der Waals surface area contributed by atoms with Crippen molar-refractivity contribution in [3.8, 4) is 0 Å². The number of hydrogen-bond donors (Lipinski definition) is 2. The average Bonchev–Trinajstić information content (AvgIpc) is 2.26. The minimum Gasteiger partial charge on any atom is -0.368 e. The number of nitrogens with one attached hydrogen (secondary N) is 1. The van der Waals surface area contributed by atoms with E-state index in [2.05, 4.69) is 15.3 Å².